The van der Waals surface area contributed by atoms with E-state index in [0.29, 0.717) is 34.7 Å². The lowest BCUT2D eigenvalue weighted by Crippen LogP contribution is -2.44. The van der Waals surface area contributed by atoms with Crippen LogP contribution in [0.15, 0.2) is 77.0 Å². The van der Waals surface area contributed by atoms with Crippen molar-refractivity contribution < 1.29 is 13.9 Å². The number of ether oxygens (including phenoxy) is 1. The van der Waals surface area contributed by atoms with E-state index in [1.54, 1.807) is 18.2 Å². The van der Waals surface area contributed by atoms with Gasteiger partial charge < -0.3 is 35.4 Å². The number of aliphatic imine (C=N–C) groups is 2. The molecule has 0 spiro atoms. The van der Waals surface area contributed by atoms with E-state index >= 15 is 4.39 Å². The van der Waals surface area contributed by atoms with Gasteiger partial charge in [0, 0.05) is 68.6 Å². The molecule has 4 heterocycles. The molecule has 0 saturated carbocycles. The van der Waals surface area contributed by atoms with Gasteiger partial charge in [-0.1, -0.05) is 12.6 Å². The Morgan fingerprint density at radius 1 is 1.05 bits per heavy atom. The van der Waals surface area contributed by atoms with E-state index < -0.39 is 0 Å². The molecule has 0 aromatic heterocycles. The number of halogens is 1. The number of nitrogens with zero attached hydrogens (tertiary/aromatic N) is 5. The number of likely N-dealkylation sites (N-methyl/N-ethyl adjacent to an activating group) is 1. The molecule has 2 saturated heterocycles. The summed E-state index contributed by atoms with van der Waals surface area (Å²) in [5, 5.41) is 9.37. The fourth-order valence-electron chi connectivity index (χ4n) is 5.78. The van der Waals surface area contributed by atoms with Crippen molar-refractivity contribution in [1.82, 2.24) is 15.1 Å². The molecule has 42 heavy (non-hydrogen) atoms. The second-order valence-corrected chi connectivity index (χ2v) is 11.0. The Bertz CT molecular complexity index is 1430. The number of likely N-dealkylation sites (tertiary alicyclic amines) is 1. The van der Waals surface area contributed by atoms with Crippen LogP contribution in [0.4, 0.5) is 21.5 Å². The Labute approximate surface area is 245 Å². The number of anilines is 3. The van der Waals surface area contributed by atoms with E-state index in [1.165, 1.54) is 18.6 Å². The van der Waals surface area contributed by atoms with E-state index in [-0.39, 0.29) is 23.8 Å². The zero-order valence-corrected chi connectivity index (χ0v) is 23.9. The summed E-state index contributed by atoms with van der Waals surface area (Å²) >= 11 is 0. The summed E-state index contributed by atoms with van der Waals surface area (Å²) in [5.74, 6) is 0.517. The third-order valence-electron chi connectivity index (χ3n) is 8.06. The van der Waals surface area contributed by atoms with Crippen LogP contribution in [0.25, 0.3) is 0 Å². The standard InChI is InChI=1S/C31H37FN8O2/c1-3-27(41)34-21-8-7-9-23(18-21)42-30-28-26(39-12-5-4-6-13-39)20-33-29(28)36-31(37-30)35-22-10-11-25(24(32)19-22)40-16-14-38(2)15-17-40/h3,7-11,18-20,28-29,33H,1,4-6,12-17H2,2H3,(H,34,41)(H,35,36). The monoisotopic (exact) mass is 572 g/mol. The number of carbonyl (C=O) groups is 1. The zero-order valence-electron chi connectivity index (χ0n) is 23.9. The molecule has 11 heteroatoms. The average Bonchev–Trinajstić information content (AvgIpc) is 3.43. The Hall–Kier alpha value is -4.38. The molecule has 4 aliphatic heterocycles. The number of nitrogens with one attached hydrogen (secondary N) is 3. The summed E-state index contributed by atoms with van der Waals surface area (Å²) in [6.07, 6.45) is 6.41. The lowest BCUT2D eigenvalue weighted by atomic mass is 10.0. The number of carbonyl (C=O) groups excluding carboxylic acids is 1. The van der Waals surface area contributed by atoms with Gasteiger partial charge >= 0.3 is 0 Å². The van der Waals surface area contributed by atoms with Crippen molar-refractivity contribution >= 4 is 34.8 Å². The zero-order chi connectivity index (χ0) is 29.1. The van der Waals surface area contributed by atoms with E-state index in [9.17, 15) is 4.79 Å². The molecule has 1 amide bonds. The first-order valence-electron chi connectivity index (χ1n) is 14.6. The number of fused-ring (bicyclic) bond motifs is 1. The first-order valence-corrected chi connectivity index (χ1v) is 14.6. The number of piperidine rings is 1. The largest absolute Gasteiger partial charge is 0.442 e. The van der Waals surface area contributed by atoms with Gasteiger partial charge in [-0.2, -0.15) is 4.99 Å². The van der Waals surface area contributed by atoms with Crippen molar-refractivity contribution in [3.05, 3.63) is 72.8 Å². The average molecular weight is 573 g/mol. The minimum absolute atomic E-state index is 0.226. The van der Waals surface area contributed by atoms with Crippen molar-refractivity contribution in [1.29, 1.82) is 0 Å². The van der Waals surface area contributed by atoms with Crippen LogP contribution in [0.2, 0.25) is 0 Å². The molecule has 3 N–H and O–H groups in total. The number of amides is 1. The number of rotatable bonds is 6. The first-order chi connectivity index (χ1) is 20.5. The maximum absolute atomic E-state index is 15.2. The van der Waals surface area contributed by atoms with Gasteiger partial charge in [-0.25, -0.2) is 9.38 Å². The number of benzene rings is 2. The quantitative estimate of drug-likeness (QED) is 0.453. The highest BCUT2D eigenvalue weighted by molar-refractivity contribution is 6.05. The van der Waals surface area contributed by atoms with Crippen LogP contribution in [-0.2, 0) is 4.79 Å². The van der Waals surface area contributed by atoms with Gasteiger partial charge in [0.1, 0.15) is 23.7 Å². The number of hydrogen-bond donors (Lipinski definition) is 3. The summed E-state index contributed by atoms with van der Waals surface area (Å²) < 4.78 is 21.6. The summed E-state index contributed by atoms with van der Waals surface area (Å²) in [4.78, 5) is 28.2. The van der Waals surface area contributed by atoms with Crippen molar-refractivity contribution in [3.63, 3.8) is 0 Å². The number of piperazine rings is 1. The molecule has 0 bridgehead atoms. The van der Waals surface area contributed by atoms with Crippen molar-refractivity contribution in [2.45, 2.75) is 25.4 Å². The first kappa shape index (κ1) is 27.8. The third-order valence-corrected chi connectivity index (χ3v) is 8.06. The smallest absolute Gasteiger partial charge is 0.247 e. The SMILES string of the molecule is C=CC(=O)Nc1cccc(OC2=NC(Nc3ccc(N4CCN(C)CC4)c(F)c3)=NC3NC=C(N4CCCCC4)C23)c1. The van der Waals surface area contributed by atoms with Crippen LogP contribution in [0.3, 0.4) is 0 Å². The summed E-state index contributed by atoms with van der Waals surface area (Å²) in [6, 6.07) is 12.3. The van der Waals surface area contributed by atoms with E-state index in [4.69, 9.17) is 14.7 Å². The van der Waals surface area contributed by atoms with Gasteiger partial charge in [-0.05, 0) is 62.7 Å². The van der Waals surface area contributed by atoms with Crippen molar-refractivity contribution in [2.24, 2.45) is 15.9 Å². The minimum Gasteiger partial charge on any atom is -0.442 e. The Balaban J connectivity index is 1.25. The molecule has 10 nitrogen and oxygen atoms in total. The van der Waals surface area contributed by atoms with Crippen LogP contribution >= 0.6 is 0 Å². The summed E-state index contributed by atoms with van der Waals surface area (Å²) in [5.41, 5.74) is 2.84. The van der Waals surface area contributed by atoms with Crippen LogP contribution in [-0.4, -0.2) is 80.0 Å². The highest BCUT2D eigenvalue weighted by Crippen LogP contribution is 2.33. The molecule has 0 radical (unpaired) electrons. The highest BCUT2D eigenvalue weighted by Gasteiger charge is 2.41. The predicted octanol–water partition coefficient (Wildman–Crippen LogP) is 3.83. The molecule has 6 rings (SSSR count). The topological polar surface area (TPSA) is 96.8 Å². The van der Waals surface area contributed by atoms with Crippen LogP contribution in [0.5, 0.6) is 5.75 Å². The lowest BCUT2D eigenvalue weighted by Gasteiger charge is -2.34. The van der Waals surface area contributed by atoms with Gasteiger partial charge in [0.25, 0.3) is 0 Å². The molecule has 2 atom stereocenters. The molecular weight excluding hydrogens is 535 g/mol. The molecular formula is C31H37FN8O2. The summed E-state index contributed by atoms with van der Waals surface area (Å²) in [6.45, 7) is 8.84. The Morgan fingerprint density at radius 3 is 2.62 bits per heavy atom. The number of hydrogen-bond acceptors (Lipinski definition) is 9. The predicted molar refractivity (Wildman–Crippen MR) is 164 cm³/mol. The second kappa shape index (κ2) is 12.2. The molecule has 0 aliphatic carbocycles. The fraction of sp³-hybridized carbons (Fsp3) is 0.387. The van der Waals surface area contributed by atoms with Crippen LogP contribution in [0, 0.1) is 11.7 Å². The molecule has 2 unspecified atom stereocenters. The van der Waals surface area contributed by atoms with E-state index in [0.717, 1.165) is 57.8 Å². The van der Waals surface area contributed by atoms with Crippen LogP contribution < -0.4 is 25.6 Å². The van der Waals surface area contributed by atoms with Gasteiger partial charge in [0.15, 0.2) is 0 Å². The van der Waals surface area contributed by atoms with Crippen molar-refractivity contribution in [2.75, 3.05) is 61.8 Å². The van der Waals surface area contributed by atoms with Crippen LogP contribution in [0.1, 0.15) is 19.3 Å². The van der Waals surface area contributed by atoms with Gasteiger partial charge in [-0.15, -0.1) is 0 Å². The van der Waals surface area contributed by atoms with Crippen molar-refractivity contribution in [3.8, 4) is 5.75 Å². The molecule has 2 fully saturated rings. The van der Waals surface area contributed by atoms with Gasteiger partial charge in [-0.3, -0.25) is 4.79 Å². The summed E-state index contributed by atoms with van der Waals surface area (Å²) in [7, 11) is 2.08. The number of guanidine groups is 1. The molecule has 220 valence electrons. The fourth-order valence-corrected chi connectivity index (χ4v) is 5.78. The maximum Gasteiger partial charge on any atom is 0.247 e. The van der Waals surface area contributed by atoms with Gasteiger partial charge in [0.05, 0.1) is 5.69 Å². The molecule has 2 aromatic carbocycles. The minimum atomic E-state index is -0.324. The maximum atomic E-state index is 15.2. The molecule has 2 aromatic rings. The third kappa shape index (κ3) is 6.11. The second-order valence-electron chi connectivity index (χ2n) is 11.0. The normalized spacial score (nSPS) is 22.3. The Morgan fingerprint density at radius 2 is 1.86 bits per heavy atom. The highest BCUT2D eigenvalue weighted by atomic mass is 19.1. The van der Waals surface area contributed by atoms with E-state index in [1.807, 2.05) is 24.4 Å². The lowest BCUT2D eigenvalue weighted by molar-refractivity contribution is -0.111. The Kier molecular flexibility index (Phi) is 8.09. The van der Waals surface area contributed by atoms with E-state index in [2.05, 4.69) is 44.3 Å². The van der Waals surface area contributed by atoms with Gasteiger partial charge in [0.2, 0.25) is 17.8 Å². The molecule has 4 aliphatic rings.